The molecular formula is C13H20NO4P. The molecule has 3 N–H and O–H groups in total. The topological polar surface area (TPSA) is 86.6 Å². The van der Waals surface area contributed by atoms with E-state index in [0.717, 1.165) is 5.56 Å². The van der Waals surface area contributed by atoms with Gasteiger partial charge in [0.25, 0.3) is 0 Å². The lowest BCUT2D eigenvalue weighted by Crippen LogP contribution is -2.36. The Bertz CT molecular complexity index is 455. The predicted molar refractivity (Wildman–Crippen MR) is 73.6 cm³/mol. The van der Waals surface area contributed by atoms with Gasteiger partial charge < -0.3 is 15.1 Å². The van der Waals surface area contributed by atoms with Gasteiger partial charge in [0.15, 0.2) is 0 Å². The molecule has 0 spiro atoms. The largest absolute Gasteiger partial charge is 0.347 e. The van der Waals surface area contributed by atoms with Crippen LogP contribution in [0.2, 0.25) is 0 Å². The molecule has 1 atom stereocenters. The summed E-state index contributed by atoms with van der Waals surface area (Å²) in [6, 6.07) is 9.08. The van der Waals surface area contributed by atoms with E-state index in [1.54, 1.807) is 12.1 Å². The number of benzene rings is 1. The number of rotatable bonds is 6. The maximum atomic E-state index is 11.8. The van der Waals surface area contributed by atoms with Crippen molar-refractivity contribution in [1.29, 1.82) is 0 Å². The van der Waals surface area contributed by atoms with Gasteiger partial charge in [0.2, 0.25) is 5.91 Å². The molecule has 1 unspecified atom stereocenters. The Morgan fingerprint density at radius 2 is 1.84 bits per heavy atom. The molecule has 0 saturated heterocycles. The normalized spacial score (nSPS) is 13.3. The smallest absolute Gasteiger partial charge is 0.342 e. The third-order valence-electron chi connectivity index (χ3n) is 2.64. The molecule has 1 amide bonds. The van der Waals surface area contributed by atoms with E-state index in [0.29, 0.717) is 0 Å². The molecule has 0 saturated carbocycles. The molecule has 5 nitrogen and oxygen atoms in total. The van der Waals surface area contributed by atoms with E-state index in [1.165, 1.54) is 0 Å². The fourth-order valence-electron chi connectivity index (χ4n) is 1.74. The molecule has 0 bridgehead atoms. The van der Waals surface area contributed by atoms with Crippen LogP contribution in [0.1, 0.15) is 25.8 Å². The monoisotopic (exact) mass is 285 g/mol. The minimum absolute atomic E-state index is 0.0923. The number of hydrogen-bond acceptors (Lipinski definition) is 2. The molecule has 6 heteroatoms. The van der Waals surface area contributed by atoms with Crippen LogP contribution in [0.15, 0.2) is 30.3 Å². The number of hydrogen-bond donors (Lipinski definition) is 3. The van der Waals surface area contributed by atoms with Gasteiger partial charge in [-0.25, -0.2) is 0 Å². The average Bonchev–Trinajstić information content (AvgIpc) is 2.27. The van der Waals surface area contributed by atoms with Gasteiger partial charge in [-0.2, -0.15) is 0 Å². The summed E-state index contributed by atoms with van der Waals surface area (Å²) in [7, 11) is -4.32. The highest BCUT2D eigenvalue weighted by atomic mass is 31.2. The third kappa shape index (κ3) is 6.01. The summed E-state index contributed by atoms with van der Waals surface area (Å²) in [6.45, 7) is 3.71. The highest BCUT2D eigenvalue weighted by Gasteiger charge is 2.30. The molecule has 1 rings (SSSR count). The standard InChI is InChI=1S/C13H20NO4P/c1-10(2)8-13(19(16,17)18)14-12(15)9-11-6-4-3-5-7-11/h3-7,10,13H,8-9H2,1-2H3,(H,14,15)(H2,16,17,18). The summed E-state index contributed by atoms with van der Waals surface area (Å²) in [6.07, 6.45) is 0.375. The molecule has 0 aliphatic carbocycles. The first-order valence-corrected chi connectivity index (χ1v) is 7.85. The Hall–Kier alpha value is -1.16. The summed E-state index contributed by atoms with van der Waals surface area (Å²) < 4.78 is 11.3. The summed E-state index contributed by atoms with van der Waals surface area (Å²) in [5.41, 5.74) is 0.814. The Morgan fingerprint density at radius 1 is 1.26 bits per heavy atom. The van der Waals surface area contributed by atoms with Crippen LogP contribution in [0.25, 0.3) is 0 Å². The maximum absolute atomic E-state index is 11.8. The fourth-order valence-corrected chi connectivity index (χ4v) is 2.75. The Morgan fingerprint density at radius 3 is 2.32 bits per heavy atom. The Kier molecular flexibility index (Phi) is 5.73. The maximum Gasteiger partial charge on any atom is 0.347 e. The summed E-state index contributed by atoms with van der Waals surface area (Å²) in [4.78, 5) is 30.3. The molecule has 0 radical (unpaired) electrons. The van der Waals surface area contributed by atoms with Crippen molar-refractivity contribution in [3.05, 3.63) is 35.9 Å². The number of amides is 1. The molecule has 0 aliphatic heterocycles. The minimum Gasteiger partial charge on any atom is -0.342 e. The average molecular weight is 285 g/mol. The van der Waals surface area contributed by atoms with Gasteiger partial charge in [-0.1, -0.05) is 44.2 Å². The number of carbonyl (C=O) groups excluding carboxylic acids is 1. The first-order valence-electron chi connectivity index (χ1n) is 6.17. The van der Waals surface area contributed by atoms with Crippen LogP contribution in [0.3, 0.4) is 0 Å². The van der Waals surface area contributed by atoms with Gasteiger partial charge in [0.1, 0.15) is 5.78 Å². The molecule has 1 aromatic carbocycles. The number of nitrogens with one attached hydrogen (secondary N) is 1. The lowest BCUT2D eigenvalue weighted by molar-refractivity contribution is -0.120. The Balaban J connectivity index is 2.64. The van der Waals surface area contributed by atoms with E-state index < -0.39 is 13.4 Å². The molecule has 0 aliphatic rings. The zero-order valence-electron chi connectivity index (χ0n) is 11.1. The van der Waals surface area contributed by atoms with Crippen molar-refractivity contribution in [2.24, 2.45) is 5.92 Å². The highest BCUT2D eigenvalue weighted by Crippen LogP contribution is 2.42. The van der Waals surface area contributed by atoms with Crippen molar-refractivity contribution in [2.75, 3.05) is 0 Å². The zero-order valence-corrected chi connectivity index (χ0v) is 12.0. The third-order valence-corrected chi connectivity index (χ3v) is 3.79. The van der Waals surface area contributed by atoms with Crippen LogP contribution in [0, 0.1) is 5.92 Å². The van der Waals surface area contributed by atoms with Gasteiger partial charge in [0.05, 0.1) is 6.42 Å². The van der Waals surface area contributed by atoms with E-state index >= 15 is 0 Å². The van der Waals surface area contributed by atoms with Crippen molar-refractivity contribution >= 4 is 13.5 Å². The lowest BCUT2D eigenvalue weighted by Gasteiger charge is -2.21. The van der Waals surface area contributed by atoms with E-state index in [-0.39, 0.29) is 24.7 Å². The first kappa shape index (κ1) is 15.9. The van der Waals surface area contributed by atoms with Crippen LogP contribution >= 0.6 is 7.60 Å². The van der Waals surface area contributed by atoms with Crippen LogP contribution in [-0.2, 0) is 15.8 Å². The lowest BCUT2D eigenvalue weighted by atomic mass is 10.1. The van der Waals surface area contributed by atoms with Gasteiger partial charge >= 0.3 is 7.60 Å². The first-order chi connectivity index (χ1) is 8.79. The van der Waals surface area contributed by atoms with E-state index in [9.17, 15) is 19.1 Å². The summed E-state index contributed by atoms with van der Waals surface area (Å²) in [5.74, 6) is -1.39. The van der Waals surface area contributed by atoms with Gasteiger partial charge in [-0.05, 0) is 17.9 Å². The second-order valence-corrected chi connectivity index (χ2v) is 6.77. The van der Waals surface area contributed by atoms with Crippen molar-refractivity contribution in [3.63, 3.8) is 0 Å². The van der Waals surface area contributed by atoms with Crippen molar-refractivity contribution < 1.29 is 19.1 Å². The summed E-state index contributed by atoms with van der Waals surface area (Å²) in [5, 5.41) is 2.43. The van der Waals surface area contributed by atoms with E-state index in [2.05, 4.69) is 5.32 Å². The quantitative estimate of drug-likeness (QED) is 0.697. The van der Waals surface area contributed by atoms with Crippen molar-refractivity contribution in [2.45, 2.75) is 32.5 Å². The Labute approximate surface area is 113 Å². The second-order valence-electron chi connectivity index (χ2n) is 4.96. The van der Waals surface area contributed by atoms with Crippen LogP contribution in [-0.4, -0.2) is 21.5 Å². The predicted octanol–water partition coefficient (Wildman–Crippen LogP) is 1.90. The molecule has 0 aromatic heterocycles. The summed E-state index contributed by atoms with van der Waals surface area (Å²) >= 11 is 0. The van der Waals surface area contributed by atoms with Gasteiger partial charge in [-0.3, -0.25) is 9.36 Å². The van der Waals surface area contributed by atoms with Crippen LogP contribution in [0.5, 0.6) is 0 Å². The molecule has 1 aromatic rings. The van der Waals surface area contributed by atoms with Gasteiger partial charge in [0, 0.05) is 0 Å². The fraction of sp³-hybridized carbons (Fsp3) is 0.462. The molecular weight excluding hydrogens is 265 g/mol. The highest BCUT2D eigenvalue weighted by molar-refractivity contribution is 7.52. The van der Waals surface area contributed by atoms with Crippen molar-refractivity contribution in [3.8, 4) is 0 Å². The minimum atomic E-state index is -4.32. The van der Waals surface area contributed by atoms with Crippen LogP contribution in [0.4, 0.5) is 0 Å². The number of carbonyl (C=O) groups is 1. The van der Waals surface area contributed by atoms with E-state index in [1.807, 2.05) is 32.0 Å². The van der Waals surface area contributed by atoms with Crippen molar-refractivity contribution in [1.82, 2.24) is 5.32 Å². The van der Waals surface area contributed by atoms with E-state index in [4.69, 9.17) is 0 Å². The SMILES string of the molecule is CC(C)CC(NC(=O)Cc1ccccc1)P(=O)(O)O. The molecule has 0 fully saturated rings. The van der Waals surface area contributed by atoms with Gasteiger partial charge in [-0.15, -0.1) is 0 Å². The molecule has 19 heavy (non-hydrogen) atoms. The zero-order chi connectivity index (χ0) is 14.5. The molecule has 0 heterocycles. The molecule has 106 valence electrons. The second kappa shape index (κ2) is 6.85. The van der Waals surface area contributed by atoms with Crippen LogP contribution < -0.4 is 5.32 Å².